The molecule has 0 unspecified atom stereocenters. The third-order valence-corrected chi connectivity index (χ3v) is 7.16. The van der Waals surface area contributed by atoms with Gasteiger partial charge in [0.15, 0.2) is 0 Å². The summed E-state index contributed by atoms with van der Waals surface area (Å²) in [6.07, 6.45) is 0. The van der Waals surface area contributed by atoms with Crippen LogP contribution in [0.2, 0.25) is 5.02 Å². The number of fused-ring (bicyclic) bond motifs is 1. The van der Waals surface area contributed by atoms with Crippen molar-refractivity contribution < 1.29 is 95.0 Å². The van der Waals surface area contributed by atoms with E-state index >= 15 is 0 Å². The van der Waals surface area contributed by atoms with Crippen LogP contribution in [0.4, 0.5) is 22.7 Å². The first-order valence-corrected chi connectivity index (χ1v) is 13.5. The van der Waals surface area contributed by atoms with Crippen molar-refractivity contribution in [2.24, 2.45) is 10.2 Å². The number of anilines is 2. The van der Waals surface area contributed by atoms with E-state index in [1.54, 1.807) is 0 Å². The zero-order valence-corrected chi connectivity index (χ0v) is 27.2. The van der Waals surface area contributed by atoms with E-state index in [1.165, 1.54) is 42.5 Å². The maximum absolute atomic E-state index is 12.5. The number of nitrogens with two attached hydrogens (primary N) is 1. The second-order valence-corrected chi connectivity index (χ2v) is 11.0. The van der Waals surface area contributed by atoms with E-state index in [-0.39, 0.29) is 92.5 Å². The Balaban J connectivity index is 0.00000280. The molecule has 17 heteroatoms. The number of azo groups is 1. The maximum Gasteiger partial charge on any atom is 1.00 e. The van der Waals surface area contributed by atoms with Gasteiger partial charge in [-0.15, -0.1) is 10.2 Å². The predicted molar refractivity (Wildman–Crippen MR) is 136 cm³/mol. The number of nitrogens with one attached hydrogen (secondary N) is 1. The van der Waals surface area contributed by atoms with Gasteiger partial charge in [-0.3, -0.25) is 4.79 Å². The molecule has 0 heterocycles. The summed E-state index contributed by atoms with van der Waals surface area (Å²) in [5.41, 5.74) is 5.57. The molecule has 0 bridgehead atoms. The number of nitrogen functional groups attached to an aromatic ring is 1. The molecule has 0 saturated carbocycles. The summed E-state index contributed by atoms with van der Waals surface area (Å²) in [6, 6.07) is 13.5. The Morgan fingerprint density at radius 3 is 2.12 bits per heavy atom. The van der Waals surface area contributed by atoms with E-state index in [2.05, 4.69) is 15.5 Å². The molecule has 0 fully saturated rings. The van der Waals surface area contributed by atoms with Crippen LogP contribution in [-0.2, 0) is 20.2 Å². The summed E-state index contributed by atoms with van der Waals surface area (Å²) >= 11 is 5.82. The van der Waals surface area contributed by atoms with Crippen molar-refractivity contribution in [3.63, 3.8) is 0 Å². The molecule has 196 valence electrons. The number of halogens is 1. The molecule has 0 spiro atoms. The van der Waals surface area contributed by atoms with Crippen molar-refractivity contribution >= 4 is 71.3 Å². The molecule has 0 aromatic heterocycles. The van der Waals surface area contributed by atoms with Gasteiger partial charge in [-0.25, -0.2) is 16.8 Å². The number of carbonyl (C=O) groups excluding carboxylic acids is 1. The van der Waals surface area contributed by atoms with E-state index in [4.69, 9.17) is 17.3 Å². The van der Waals surface area contributed by atoms with Crippen molar-refractivity contribution in [3.05, 3.63) is 77.3 Å². The molecule has 0 radical (unpaired) electrons. The predicted octanol–water partition coefficient (Wildman–Crippen LogP) is -1.74. The van der Waals surface area contributed by atoms with Crippen molar-refractivity contribution in [2.75, 3.05) is 11.1 Å². The molecule has 0 aliphatic heterocycles. The quantitative estimate of drug-likeness (QED) is 0.0964. The molecule has 0 saturated heterocycles. The van der Waals surface area contributed by atoms with Crippen molar-refractivity contribution in [1.29, 1.82) is 0 Å². The summed E-state index contributed by atoms with van der Waals surface area (Å²) in [6.45, 7) is 0. The summed E-state index contributed by atoms with van der Waals surface area (Å²) in [5, 5.41) is 21.1. The fraction of sp³-hybridized carbons (Fsp3) is 0. The summed E-state index contributed by atoms with van der Waals surface area (Å²) < 4.78 is 69.6. The second kappa shape index (κ2) is 13.3. The van der Waals surface area contributed by atoms with E-state index < -0.39 is 47.4 Å². The number of rotatable bonds is 6. The number of nitrogens with zero attached hydrogens (tertiary/aromatic N) is 2. The van der Waals surface area contributed by atoms with Gasteiger partial charge in [-0.2, -0.15) is 0 Å². The summed E-state index contributed by atoms with van der Waals surface area (Å²) in [4.78, 5) is 11.1. The minimum atomic E-state index is -5.04. The van der Waals surface area contributed by atoms with Crippen LogP contribution in [0.25, 0.3) is 10.8 Å². The fourth-order valence-electron chi connectivity index (χ4n) is 3.46. The van der Waals surface area contributed by atoms with Crippen LogP contribution >= 0.6 is 11.6 Å². The molecule has 40 heavy (non-hydrogen) atoms. The van der Waals surface area contributed by atoms with Gasteiger partial charge in [0.2, 0.25) is 0 Å². The van der Waals surface area contributed by atoms with Crippen molar-refractivity contribution in [3.8, 4) is 5.75 Å². The molecule has 4 aromatic carbocycles. The summed E-state index contributed by atoms with van der Waals surface area (Å²) in [5.74, 6) is -1.21. The Morgan fingerprint density at radius 1 is 0.875 bits per heavy atom. The number of hydrogen-bond acceptors (Lipinski definition) is 11. The second-order valence-electron chi connectivity index (χ2n) is 7.80. The van der Waals surface area contributed by atoms with Crippen LogP contribution in [-0.4, -0.2) is 37.0 Å². The molecular formula is C23H15ClN4Na2O8S2. The number of hydrogen-bond donors (Lipinski definition) is 3. The third kappa shape index (κ3) is 7.80. The first-order chi connectivity index (χ1) is 17.7. The molecule has 0 aliphatic rings. The number of amides is 1. The Labute approximate surface area is 277 Å². The first-order valence-electron chi connectivity index (χ1n) is 10.3. The van der Waals surface area contributed by atoms with Gasteiger partial charge in [0.1, 0.15) is 37.4 Å². The smallest absolute Gasteiger partial charge is 0.744 e. The molecule has 0 aliphatic carbocycles. The number of carbonyl (C=O) groups is 1. The number of phenols is 1. The van der Waals surface area contributed by atoms with E-state index in [0.29, 0.717) is 11.1 Å². The minimum Gasteiger partial charge on any atom is -0.744 e. The summed E-state index contributed by atoms with van der Waals surface area (Å²) in [7, 11) is -9.93. The topological polar surface area (TPSA) is 214 Å². The van der Waals surface area contributed by atoms with Crippen LogP contribution in [0.5, 0.6) is 5.75 Å². The number of benzene rings is 4. The molecule has 4 aromatic rings. The van der Waals surface area contributed by atoms with Crippen LogP contribution in [0.3, 0.4) is 0 Å². The average Bonchev–Trinajstić information content (AvgIpc) is 2.82. The molecular weight excluding hydrogens is 606 g/mol. The average molecular weight is 621 g/mol. The minimum absolute atomic E-state index is 0. The fourth-order valence-corrected chi connectivity index (χ4v) is 4.70. The molecule has 4 N–H and O–H groups in total. The Hall–Kier alpha value is -2.08. The normalized spacial score (nSPS) is 11.6. The van der Waals surface area contributed by atoms with Gasteiger partial charge in [-0.1, -0.05) is 17.7 Å². The van der Waals surface area contributed by atoms with E-state index in [9.17, 15) is 35.8 Å². The first kappa shape index (κ1) is 34.1. The van der Waals surface area contributed by atoms with Gasteiger partial charge >= 0.3 is 59.1 Å². The Bertz CT molecular complexity index is 1850. The molecule has 12 nitrogen and oxygen atoms in total. The van der Waals surface area contributed by atoms with Crippen molar-refractivity contribution in [1.82, 2.24) is 0 Å². The molecule has 0 atom stereocenters. The van der Waals surface area contributed by atoms with Gasteiger partial charge in [-0.05, 0) is 66.0 Å². The maximum atomic E-state index is 12.5. The van der Waals surface area contributed by atoms with Gasteiger partial charge < -0.3 is 25.3 Å². The van der Waals surface area contributed by atoms with Gasteiger partial charge in [0.25, 0.3) is 5.91 Å². The van der Waals surface area contributed by atoms with Gasteiger partial charge in [0, 0.05) is 16.3 Å². The van der Waals surface area contributed by atoms with Crippen LogP contribution < -0.4 is 70.2 Å². The zero-order valence-electron chi connectivity index (χ0n) is 20.8. The standard InChI is InChI=1S/C23H17ClN4O8S2.2Na/c24-14-4-1-12(2-5-14)23(30)26-15-6-8-20(38(34,35)36)18(10-15)27-28-22-17(25)7-3-13-9-16(37(31,32)33)11-19(29)21(13)22;;/h1-11,29H,25H2,(H,26,30)(H,31,32,33)(H,34,35,36);;/q;2*+1/p-2. The monoisotopic (exact) mass is 620 g/mol. The Morgan fingerprint density at radius 2 is 1.52 bits per heavy atom. The SMILES string of the molecule is Nc1ccc2cc(S(=O)(=O)[O-])cc(O)c2c1N=Nc1cc(NC(=O)c2ccc(Cl)cc2)ccc1S(=O)(=O)[O-].[Na+].[Na+]. The van der Waals surface area contributed by atoms with Crippen molar-refractivity contribution in [2.45, 2.75) is 9.79 Å². The van der Waals surface area contributed by atoms with Crippen LogP contribution in [0.1, 0.15) is 10.4 Å². The van der Waals surface area contributed by atoms with Crippen LogP contribution in [0, 0.1) is 0 Å². The molecule has 4 rings (SSSR count). The number of phenolic OH excluding ortho intramolecular Hbond substituents is 1. The van der Waals surface area contributed by atoms with Crippen LogP contribution in [0.15, 0.2) is 86.7 Å². The molecule has 1 amide bonds. The third-order valence-electron chi connectivity index (χ3n) is 5.21. The van der Waals surface area contributed by atoms with Gasteiger partial charge in [0.05, 0.1) is 20.9 Å². The van der Waals surface area contributed by atoms with E-state index in [1.807, 2.05) is 0 Å². The zero-order chi connectivity index (χ0) is 27.8. The largest absolute Gasteiger partial charge is 1.00 e. The number of aromatic hydroxyl groups is 1. The Kier molecular flexibility index (Phi) is 11.3. The van der Waals surface area contributed by atoms with E-state index in [0.717, 1.165) is 18.2 Å².